The Hall–Kier alpha value is -2.25. The van der Waals surface area contributed by atoms with E-state index in [0.717, 1.165) is 17.0 Å². The molecule has 3 rings (SSSR count). The summed E-state index contributed by atoms with van der Waals surface area (Å²) in [6.07, 6.45) is 0.830. The van der Waals surface area contributed by atoms with Crippen LogP contribution in [0.5, 0.6) is 0 Å². The number of amides is 1. The highest BCUT2D eigenvalue weighted by Gasteiger charge is 2.24. The van der Waals surface area contributed by atoms with Crippen LogP contribution in [0, 0.1) is 11.3 Å². The maximum Gasteiger partial charge on any atom is 0.237 e. The van der Waals surface area contributed by atoms with Crippen molar-refractivity contribution in [1.29, 1.82) is 5.26 Å². The van der Waals surface area contributed by atoms with Crippen LogP contribution in [0.15, 0.2) is 53.4 Å². The normalized spacial score (nSPS) is 13.7. The second-order valence-corrected chi connectivity index (χ2v) is 5.88. The van der Waals surface area contributed by atoms with Gasteiger partial charge >= 0.3 is 0 Å². The van der Waals surface area contributed by atoms with Crippen LogP contribution in [0.3, 0.4) is 0 Å². The Labute approximate surface area is 128 Å². The maximum absolute atomic E-state index is 12.2. The summed E-state index contributed by atoms with van der Waals surface area (Å²) in [5, 5.41) is 8.97. The molecule has 0 saturated carbocycles. The van der Waals surface area contributed by atoms with Gasteiger partial charge in [0.2, 0.25) is 5.91 Å². The lowest BCUT2D eigenvalue weighted by Crippen LogP contribution is -2.36. The van der Waals surface area contributed by atoms with Gasteiger partial charge in [0.25, 0.3) is 0 Å². The SMILES string of the molecule is N#Cc1ccc2c(c1)SCC(=O)N2CCc1ccccc1. The van der Waals surface area contributed by atoms with Gasteiger partial charge in [0.05, 0.1) is 23.1 Å². The van der Waals surface area contributed by atoms with Crippen molar-refractivity contribution in [2.24, 2.45) is 0 Å². The third-order valence-electron chi connectivity index (χ3n) is 3.50. The van der Waals surface area contributed by atoms with Gasteiger partial charge in [-0.05, 0) is 30.2 Å². The molecule has 2 aromatic carbocycles. The molecule has 21 heavy (non-hydrogen) atoms. The lowest BCUT2D eigenvalue weighted by Gasteiger charge is -2.29. The first-order valence-electron chi connectivity index (χ1n) is 6.79. The van der Waals surface area contributed by atoms with Gasteiger partial charge in [-0.2, -0.15) is 5.26 Å². The molecule has 0 spiro atoms. The van der Waals surface area contributed by atoms with E-state index in [1.807, 2.05) is 35.2 Å². The average molecular weight is 294 g/mol. The molecule has 0 N–H and O–H groups in total. The topological polar surface area (TPSA) is 44.1 Å². The fourth-order valence-electron chi connectivity index (χ4n) is 2.40. The van der Waals surface area contributed by atoms with E-state index in [0.29, 0.717) is 17.9 Å². The van der Waals surface area contributed by atoms with Crippen LogP contribution in [0.25, 0.3) is 0 Å². The Kier molecular flexibility index (Phi) is 3.94. The Morgan fingerprint density at radius 1 is 1.19 bits per heavy atom. The molecule has 1 aliphatic heterocycles. The summed E-state index contributed by atoms with van der Waals surface area (Å²) in [7, 11) is 0. The molecular formula is C17H14N2OS. The monoisotopic (exact) mass is 294 g/mol. The van der Waals surface area contributed by atoms with E-state index in [9.17, 15) is 4.79 Å². The molecule has 0 aromatic heterocycles. The first-order chi connectivity index (χ1) is 10.3. The van der Waals surface area contributed by atoms with E-state index in [4.69, 9.17) is 5.26 Å². The Balaban J connectivity index is 1.82. The number of nitrogens with zero attached hydrogens (tertiary/aromatic N) is 2. The van der Waals surface area contributed by atoms with Gasteiger partial charge in [-0.3, -0.25) is 4.79 Å². The fraction of sp³-hybridized carbons (Fsp3) is 0.176. The zero-order valence-electron chi connectivity index (χ0n) is 11.5. The largest absolute Gasteiger partial charge is 0.310 e. The van der Waals surface area contributed by atoms with Crippen molar-refractivity contribution in [2.45, 2.75) is 11.3 Å². The number of thioether (sulfide) groups is 1. The van der Waals surface area contributed by atoms with Gasteiger partial charge in [-0.25, -0.2) is 0 Å². The molecule has 104 valence electrons. The van der Waals surface area contributed by atoms with E-state index in [1.165, 1.54) is 17.3 Å². The number of hydrogen-bond acceptors (Lipinski definition) is 3. The summed E-state index contributed by atoms with van der Waals surface area (Å²) in [5.41, 5.74) is 2.78. The molecule has 4 heteroatoms. The molecule has 0 atom stereocenters. The predicted octanol–water partition coefficient (Wildman–Crippen LogP) is 3.24. The van der Waals surface area contributed by atoms with Gasteiger partial charge in [0.1, 0.15) is 0 Å². The van der Waals surface area contributed by atoms with Crippen molar-refractivity contribution in [1.82, 2.24) is 0 Å². The molecule has 0 aliphatic carbocycles. The fourth-order valence-corrected chi connectivity index (χ4v) is 3.38. The van der Waals surface area contributed by atoms with Crippen molar-refractivity contribution >= 4 is 23.4 Å². The zero-order chi connectivity index (χ0) is 14.7. The minimum atomic E-state index is 0.133. The molecule has 2 aromatic rings. The Morgan fingerprint density at radius 2 is 2.00 bits per heavy atom. The van der Waals surface area contributed by atoms with Crippen LogP contribution in [-0.2, 0) is 11.2 Å². The van der Waals surface area contributed by atoms with Gasteiger partial charge in [0, 0.05) is 11.4 Å². The quantitative estimate of drug-likeness (QED) is 0.873. The summed E-state index contributed by atoms with van der Waals surface area (Å²) < 4.78 is 0. The highest BCUT2D eigenvalue weighted by atomic mass is 32.2. The third kappa shape index (κ3) is 2.93. The Bertz CT molecular complexity index is 706. The summed E-state index contributed by atoms with van der Waals surface area (Å²) in [6.45, 7) is 0.669. The lowest BCUT2D eigenvalue weighted by molar-refractivity contribution is -0.116. The summed E-state index contributed by atoms with van der Waals surface area (Å²) >= 11 is 1.51. The number of benzene rings is 2. The molecule has 1 amide bonds. The minimum absolute atomic E-state index is 0.133. The van der Waals surface area contributed by atoms with E-state index in [2.05, 4.69) is 18.2 Å². The summed E-state index contributed by atoms with van der Waals surface area (Å²) in [4.78, 5) is 15.0. The van der Waals surface area contributed by atoms with Crippen LogP contribution < -0.4 is 4.90 Å². The predicted molar refractivity (Wildman–Crippen MR) is 84.4 cm³/mol. The third-order valence-corrected chi connectivity index (χ3v) is 4.53. The number of rotatable bonds is 3. The van der Waals surface area contributed by atoms with E-state index < -0.39 is 0 Å². The summed E-state index contributed by atoms with van der Waals surface area (Å²) in [6, 6.07) is 17.8. The van der Waals surface area contributed by atoms with Crippen molar-refractivity contribution in [3.8, 4) is 6.07 Å². The first-order valence-corrected chi connectivity index (χ1v) is 7.78. The molecule has 1 aliphatic rings. The molecule has 1 heterocycles. The van der Waals surface area contributed by atoms with Gasteiger partial charge < -0.3 is 4.90 Å². The van der Waals surface area contributed by atoms with Gasteiger partial charge in [-0.15, -0.1) is 11.8 Å². The number of nitriles is 1. The van der Waals surface area contributed by atoms with Crippen molar-refractivity contribution in [3.63, 3.8) is 0 Å². The molecular weight excluding hydrogens is 280 g/mol. The molecule has 0 fully saturated rings. The first kappa shape index (κ1) is 13.7. The van der Waals surface area contributed by atoms with Crippen LogP contribution in [0.2, 0.25) is 0 Å². The van der Waals surface area contributed by atoms with Crippen LogP contribution in [0.4, 0.5) is 5.69 Å². The highest BCUT2D eigenvalue weighted by molar-refractivity contribution is 8.00. The number of carbonyl (C=O) groups is 1. The number of fused-ring (bicyclic) bond motifs is 1. The van der Waals surface area contributed by atoms with Crippen LogP contribution in [-0.4, -0.2) is 18.2 Å². The second kappa shape index (κ2) is 6.02. The molecule has 0 bridgehead atoms. The van der Waals surface area contributed by atoms with Crippen LogP contribution >= 0.6 is 11.8 Å². The van der Waals surface area contributed by atoms with Crippen molar-refractivity contribution in [2.75, 3.05) is 17.2 Å². The van der Waals surface area contributed by atoms with Crippen LogP contribution in [0.1, 0.15) is 11.1 Å². The molecule has 0 unspecified atom stereocenters. The van der Waals surface area contributed by atoms with Gasteiger partial charge in [0.15, 0.2) is 0 Å². The van der Waals surface area contributed by atoms with Crippen molar-refractivity contribution in [3.05, 3.63) is 59.7 Å². The Morgan fingerprint density at radius 3 is 2.76 bits per heavy atom. The lowest BCUT2D eigenvalue weighted by atomic mass is 10.1. The smallest absolute Gasteiger partial charge is 0.237 e. The number of hydrogen-bond donors (Lipinski definition) is 0. The zero-order valence-corrected chi connectivity index (χ0v) is 12.3. The highest BCUT2D eigenvalue weighted by Crippen LogP contribution is 2.35. The maximum atomic E-state index is 12.2. The summed E-state index contributed by atoms with van der Waals surface area (Å²) in [5.74, 6) is 0.574. The van der Waals surface area contributed by atoms with E-state index >= 15 is 0 Å². The van der Waals surface area contributed by atoms with E-state index in [-0.39, 0.29) is 5.91 Å². The molecule has 0 radical (unpaired) electrons. The number of carbonyl (C=O) groups excluding carboxylic acids is 1. The molecule has 3 nitrogen and oxygen atoms in total. The van der Waals surface area contributed by atoms with Crippen molar-refractivity contribution < 1.29 is 4.79 Å². The number of anilines is 1. The average Bonchev–Trinajstić information content (AvgIpc) is 2.54. The van der Waals surface area contributed by atoms with Gasteiger partial charge in [-0.1, -0.05) is 30.3 Å². The standard InChI is InChI=1S/C17H14N2OS/c18-11-14-6-7-15-16(10-14)21-12-17(20)19(15)9-8-13-4-2-1-3-5-13/h1-7,10H,8-9,12H2. The van der Waals surface area contributed by atoms with E-state index in [1.54, 1.807) is 6.07 Å². The minimum Gasteiger partial charge on any atom is -0.310 e. The molecule has 0 saturated heterocycles. The second-order valence-electron chi connectivity index (χ2n) is 4.86.